The molecule has 1 heterocycles. The van der Waals surface area contributed by atoms with Gasteiger partial charge in [0, 0.05) is 32.7 Å². The molecular weight excluding hydrogens is 226 g/mol. The van der Waals surface area contributed by atoms with Crippen LogP contribution in [0.1, 0.15) is 39.5 Å². The number of hydrogen-bond acceptors (Lipinski definition) is 4. The van der Waals surface area contributed by atoms with E-state index in [1.54, 1.807) is 0 Å². The van der Waals surface area contributed by atoms with Gasteiger partial charge in [-0.1, -0.05) is 12.8 Å². The third-order valence-corrected chi connectivity index (χ3v) is 4.49. The average Bonchev–Trinajstić information content (AvgIpc) is 2.76. The van der Waals surface area contributed by atoms with Crippen molar-refractivity contribution in [3.05, 3.63) is 0 Å². The molecule has 0 unspecified atom stereocenters. The highest BCUT2D eigenvalue weighted by molar-refractivity contribution is 5.03. The Morgan fingerprint density at radius 1 is 1.17 bits per heavy atom. The number of nitriles is 1. The Kier molecular flexibility index (Phi) is 3.96. The summed E-state index contributed by atoms with van der Waals surface area (Å²) in [5, 5.41) is 19.5. The van der Waals surface area contributed by atoms with Crippen LogP contribution in [0.3, 0.4) is 0 Å². The minimum Gasteiger partial charge on any atom is -0.389 e. The van der Waals surface area contributed by atoms with Gasteiger partial charge in [0.05, 0.1) is 11.7 Å². The lowest BCUT2D eigenvalue weighted by atomic mass is 10.0. The Hall–Kier alpha value is -0.630. The van der Waals surface area contributed by atoms with Crippen LogP contribution in [0, 0.1) is 11.3 Å². The molecule has 2 fully saturated rings. The maximum absolute atomic E-state index is 10.4. The van der Waals surface area contributed by atoms with Crippen LogP contribution < -0.4 is 0 Å². The summed E-state index contributed by atoms with van der Waals surface area (Å²) in [5.74, 6) is 0. The molecule has 0 aromatic heterocycles. The minimum atomic E-state index is -0.438. The van der Waals surface area contributed by atoms with Crippen LogP contribution in [0.4, 0.5) is 0 Å². The summed E-state index contributed by atoms with van der Waals surface area (Å²) in [5.41, 5.74) is -0.802. The maximum atomic E-state index is 10.4. The van der Waals surface area contributed by atoms with E-state index >= 15 is 0 Å². The van der Waals surface area contributed by atoms with Gasteiger partial charge in [0.1, 0.15) is 5.54 Å². The Morgan fingerprint density at radius 3 is 2.22 bits per heavy atom. The maximum Gasteiger partial charge on any atom is 0.103 e. The summed E-state index contributed by atoms with van der Waals surface area (Å²) in [6.45, 7) is 8.56. The molecule has 2 rings (SSSR count). The number of β-amino-alcohol motifs (C(OH)–C–C–N with tert-alkyl or cyclic N) is 1. The topological polar surface area (TPSA) is 50.5 Å². The molecule has 1 aliphatic carbocycles. The number of hydrogen-bond donors (Lipinski definition) is 1. The molecule has 1 N–H and O–H groups in total. The van der Waals surface area contributed by atoms with Crippen LogP contribution in [-0.4, -0.2) is 58.8 Å². The van der Waals surface area contributed by atoms with E-state index in [9.17, 15) is 5.11 Å². The molecule has 4 heteroatoms. The van der Waals surface area contributed by atoms with Gasteiger partial charge in [-0.2, -0.15) is 5.26 Å². The smallest absolute Gasteiger partial charge is 0.103 e. The molecular formula is C14H25N3O. The van der Waals surface area contributed by atoms with Gasteiger partial charge in [0.15, 0.2) is 0 Å². The van der Waals surface area contributed by atoms with E-state index in [4.69, 9.17) is 5.26 Å². The van der Waals surface area contributed by atoms with Gasteiger partial charge in [-0.3, -0.25) is 9.80 Å². The second-order valence-electron chi connectivity index (χ2n) is 6.37. The lowest BCUT2D eigenvalue weighted by Crippen LogP contribution is -2.56. The van der Waals surface area contributed by atoms with Crippen LogP contribution in [0.25, 0.3) is 0 Å². The van der Waals surface area contributed by atoms with E-state index in [2.05, 4.69) is 15.9 Å². The Labute approximate surface area is 110 Å². The summed E-state index contributed by atoms with van der Waals surface area (Å²) in [4.78, 5) is 4.59. The van der Waals surface area contributed by atoms with Crippen LogP contribution in [0.5, 0.6) is 0 Å². The van der Waals surface area contributed by atoms with Crippen molar-refractivity contribution in [3.63, 3.8) is 0 Å². The summed E-state index contributed by atoms with van der Waals surface area (Å²) in [6, 6.07) is 2.36. The molecule has 0 amide bonds. The molecule has 1 saturated heterocycles. The van der Waals surface area contributed by atoms with Gasteiger partial charge in [-0.15, -0.1) is 0 Å². The zero-order valence-corrected chi connectivity index (χ0v) is 11.7. The normalized spacial score (nSPS) is 26.1. The van der Waals surface area contributed by atoms with E-state index in [-0.39, 0.29) is 5.54 Å². The SMILES string of the molecule is CC(C)(C#N)N1CCN(CC2(O)CCCC2)CC1. The third kappa shape index (κ3) is 3.03. The molecule has 18 heavy (non-hydrogen) atoms. The predicted molar refractivity (Wildman–Crippen MR) is 71.1 cm³/mol. The molecule has 0 aromatic carbocycles. The van der Waals surface area contributed by atoms with Crippen LogP contribution in [0.15, 0.2) is 0 Å². The zero-order valence-electron chi connectivity index (χ0n) is 11.7. The molecule has 0 radical (unpaired) electrons. The molecule has 0 atom stereocenters. The molecule has 1 aliphatic heterocycles. The van der Waals surface area contributed by atoms with Crippen molar-refractivity contribution in [3.8, 4) is 6.07 Å². The van der Waals surface area contributed by atoms with Crippen molar-refractivity contribution in [2.45, 2.75) is 50.7 Å². The lowest BCUT2D eigenvalue weighted by molar-refractivity contribution is -0.0120. The lowest BCUT2D eigenvalue weighted by Gasteiger charge is -2.42. The standard InChI is InChI=1S/C14H25N3O/c1-13(2,11-15)17-9-7-16(8-10-17)12-14(18)5-3-4-6-14/h18H,3-10,12H2,1-2H3. The molecule has 0 bridgehead atoms. The summed E-state index contributed by atoms with van der Waals surface area (Å²) < 4.78 is 0. The first-order valence-electron chi connectivity index (χ1n) is 7.06. The van der Waals surface area contributed by atoms with E-state index in [1.807, 2.05) is 13.8 Å². The largest absolute Gasteiger partial charge is 0.389 e. The summed E-state index contributed by atoms with van der Waals surface area (Å²) >= 11 is 0. The van der Waals surface area contributed by atoms with Crippen molar-refractivity contribution in [1.29, 1.82) is 5.26 Å². The fraction of sp³-hybridized carbons (Fsp3) is 0.929. The first kappa shape index (κ1) is 13.8. The van der Waals surface area contributed by atoms with Crippen LogP contribution >= 0.6 is 0 Å². The number of piperazine rings is 1. The predicted octanol–water partition coefficient (Wildman–Crippen LogP) is 1.21. The second-order valence-corrected chi connectivity index (χ2v) is 6.37. The van der Waals surface area contributed by atoms with Crippen molar-refractivity contribution < 1.29 is 5.11 Å². The van der Waals surface area contributed by atoms with Crippen molar-refractivity contribution in [1.82, 2.24) is 9.80 Å². The number of rotatable bonds is 3. The molecule has 4 nitrogen and oxygen atoms in total. The fourth-order valence-electron chi connectivity index (χ4n) is 3.14. The van der Waals surface area contributed by atoms with Crippen molar-refractivity contribution >= 4 is 0 Å². The molecule has 0 spiro atoms. The van der Waals surface area contributed by atoms with Gasteiger partial charge in [-0.05, 0) is 26.7 Å². The van der Waals surface area contributed by atoms with Gasteiger partial charge in [0.25, 0.3) is 0 Å². The molecule has 1 saturated carbocycles. The van der Waals surface area contributed by atoms with Gasteiger partial charge < -0.3 is 5.11 Å². The average molecular weight is 251 g/mol. The Morgan fingerprint density at radius 2 is 1.72 bits per heavy atom. The minimum absolute atomic E-state index is 0.365. The molecule has 102 valence electrons. The van der Waals surface area contributed by atoms with E-state index in [1.165, 1.54) is 0 Å². The number of nitrogens with zero attached hydrogens (tertiary/aromatic N) is 3. The van der Waals surface area contributed by atoms with Gasteiger partial charge in [0.2, 0.25) is 0 Å². The van der Waals surface area contributed by atoms with E-state index < -0.39 is 5.60 Å². The monoisotopic (exact) mass is 251 g/mol. The highest BCUT2D eigenvalue weighted by atomic mass is 16.3. The molecule has 2 aliphatic rings. The quantitative estimate of drug-likeness (QED) is 0.819. The Balaban J connectivity index is 1.82. The van der Waals surface area contributed by atoms with Crippen molar-refractivity contribution in [2.75, 3.05) is 32.7 Å². The van der Waals surface area contributed by atoms with E-state index in [0.717, 1.165) is 58.4 Å². The third-order valence-electron chi connectivity index (χ3n) is 4.49. The molecule has 0 aromatic rings. The van der Waals surface area contributed by atoms with Crippen molar-refractivity contribution in [2.24, 2.45) is 0 Å². The zero-order chi connectivity index (χ0) is 13.2. The fourth-order valence-corrected chi connectivity index (χ4v) is 3.14. The summed E-state index contributed by atoms with van der Waals surface area (Å²) in [7, 11) is 0. The highest BCUT2D eigenvalue weighted by Gasteiger charge is 2.35. The van der Waals surface area contributed by atoms with Crippen LogP contribution in [0.2, 0.25) is 0 Å². The van der Waals surface area contributed by atoms with Gasteiger partial charge in [-0.25, -0.2) is 0 Å². The first-order chi connectivity index (χ1) is 8.45. The van der Waals surface area contributed by atoms with Crippen LogP contribution in [-0.2, 0) is 0 Å². The summed E-state index contributed by atoms with van der Waals surface area (Å²) in [6.07, 6.45) is 4.24. The second kappa shape index (κ2) is 5.16. The Bertz CT molecular complexity index is 320. The van der Waals surface area contributed by atoms with E-state index in [0.29, 0.717) is 0 Å². The number of aliphatic hydroxyl groups is 1. The van der Waals surface area contributed by atoms with Gasteiger partial charge >= 0.3 is 0 Å². The first-order valence-corrected chi connectivity index (χ1v) is 7.06. The highest BCUT2D eigenvalue weighted by Crippen LogP contribution is 2.30.